The average molecular weight is 364 g/mol. The van der Waals surface area contributed by atoms with Crippen LogP contribution in [-0.2, 0) is 17.4 Å². The molecule has 6 atom stereocenters. The third kappa shape index (κ3) is 4.38. The molecule has 0 heterocycles. The minimum atomic E-state index is -0.202. The van der Waals surface area contributed by atoms with Crippen LogP contribution in [0.2, 0.25) is 0 Å². The lowest BCUT2D eigenvalue weighted by Gasteiger charge is -2.32. The summed E-state index contributed by atoms with van der Waals surface area (Å²) in [6.45, 7) is 2.23. The Morgan fingerprint density at radius 3 is 2.84 bits per heavy atom. The molecule has 140 valence electrons. The van der Waals surface area contributed by atoms with E-state index in [1.807, 2.05) is 6.07 Å². The maximum absolute atomic E-state index is 10.7. The maximum Gasteiger partial charge on any atom is 0.119 e. The predicted molar refractivity (Wildman–Crippen MR) is 105 cm³/mol. The highest BCUT2D eigenvalue weighted by atomic mass is 31.0. The Morgan fingerprint density at radius 1 is 1.24 bits per heavy atom. The number of hydrogen-bond donors (Lipinski definition) is 2. The third-order valence-corrected chi connectivity index (χ3v) is 6.89. The SMILES string of the molecule is CCCCC[C@@H](CC[C@@H]1[C@H]2Cc3cccc(O)c3C[C@H]2C[C@H]1O)OP. The van der Waals surface area contributed by atoms with Gasteiger partial charge >= 0.3 is 0 Å². The topological polar surface area (TPSA) is 49.7 Å². The highest BCUT2D eigenvalue weighted by Crippen LogP contribution is 2.48. The highest BCUT2D eigenvalue weighted by molar-refractivity contribution is 7.09. The first kappa shape index (κ1) is 19.1. The van der Waals surface area contributed by atoms with E-state index in [-0.39, 0.29) is 6.10 Å². The first-order chi connectivity index (χ1) is 12.1. The number of phenols is 1. The summed E-state index contributed by atoms with van der Waals surface area (Å²) in [7, 11) is 2.44. The highest BCUT2D eigenvalue weighted by Gasteiger charge is 2.44. The van der Waals surface area contributed by atoms with Crippen molar-refractivity contribution in [3.8, 4) is 5.75 Å². The second kappa shape index (κ2) is 8.84. The van der Waals surface area contributed by atoms with Crippen LogP contribution >= 0.6 is 9.47 Å². The van der Waals surface area contributed by atoms with Crippen molar-refractivity contribution in [3.05, 3.63) is 29.3 Å². The lowest BCUT2D eigenvalue weighted by Crippen LogP contribution is -2.27. The van der Waals surface area contributed by atoms with Crippen molar-refractivity contribution in [1.29, 1.82) is 0 Å². The van der Waals surface area contributed by atoms with Gasteiger partial charge in [-0.05, 0) is 73.5 Å². The molecular formula is C21H33O3P. The molecule has 25 heavy (non-hydrogen) atoms. The minimum Gasteiger partial charge on any atom is -0.508 e. The van der Waals surface area contributed by atoms with E-state index in [2.05, 4.69) is 22.5 Å². The second-order valence-electron chi connectivity index (χ2n) is 8.05. The summed E-state index contributed by atoms with van der Waals surface area (Å²) >= 11 is 0. The fourth-order valence-corrected chi connectivity index (χ4v) is 5.37. The van der Waals surface area contributed by atoms with Crippen LogP contribution in [0.25, 0.3) is 0 Å². The lowest BCUT2D eigenvalue weighted by atomic mass is 9.73. The van der Waals surface area contributed by atoms with Gasteiger partial charge in [0.25, 0.3) is 0 Å². The van der Waals surface area contributed by atoms with Crippen molar-refractivity contribution in [1.82, 2.24) is 0 Å². The Bertz CT molecular complexity index is 562. The number of benzene rings is 1. The van der Waals surface area contributed by atoms with E-state index in [1.165, 1.54) is 24.8 Å². The van der Waals surface area contributed by atoms with Gasteiger partial charge in [-0.1, -0.05) is 38.3 Å². The molecule has 3 rings (SSSR count). The van der Waals surface area contributed by atoms with Crippen LogP contribution in [0.5, 0.6) is 5.75 Å². The van der Waals surface area contributed by atoms with Gasteiger partial charge in [-0.25, -0.2) is 0 Å². The summed E-state index contributed by atoms with van der Waals surface area (Å²) in [4.78, 5) is 0. The van der Waals surface area contributed by atoms with Gasteiger partial charge in [0.15, 0.2) is 0 Å². The fourth-order valence-electron chi connectivity index (χ4n) is 5.10. The zero-order valence-electron chi connectivity index (χ0n) is 15.4. The van der Waals surface area contributed by atoms with E-state index in [1.54, 1.807) is 6.07 Å². The molecule has 0 aromatic heterocycles. The van der Waals surface area contributed by atoms with E-state index in [4.69, 9.17) is 4.52 Å². The average Bonchev–Trinajstić information content (AvgIpc) is 2.91. The molecule has 1 unspecified atom stereocenters. The van der Waals surface area contributed by atoms with Crippen LogP contribution in [-0.4, -0.2) is 22.4 Å². The molecule has 0 radical (unpaired) electrons. The van der Waals surface area contributed by atoms with Crippen molar-refractivity contribution in [3.63, 3.8) is 0 Å². The fraction of sp³-hybridized carbons (Fsp3) is 0.714. The lowest BCUT2D eigenvalue weighted by molar-refractivity contribution is 0.0972. The van der Waals surface area contributed by atoms with Crippen molar-refractivity contribution in [2.45, 2.75) is 76.9 Å². The molecule has 1 aromatic carbocycles. The Morgan fingerprint density at radius 2 is 2.08 bits per heavy atom. The van der Waals surface area contributed by atoms with E-state index >= 15 is 0 Å². The molecule has 0 aliphatic heterocycles. The number of aliphatic hydroxyl groups excluding tert-OH is 1. The molecule has 1 aromatic rings. The maximum atomic E-state index is 10.7. The minimum absolute atomic E-state index is 0.202. The number of hydrogen-bond acceptors (Lipinski definition) is 3. The zero-order chi connectivity index (χ0) is 17.8. The first-order valence-corrected chi connectivity index (χ1v) is 10.4. The molecule has 1 fully saturated rings. The Kier molecular flexibility index (Phi) is 6.77. The van der Waals surface area contributed by atoms with Crippen molar-refractivity contribution < 1.29 is 14.7 Å². The van der Waals surface area contributed by atoms with Crippen LogP contribution < -0.4 is 0 Å². The molecular weight excluding hydrogens is 331 g/mol. The Labute approximate surface area is 154 Å². The van der Waals surface area contributed by atoms with Gasteiger partial charge in [-0.2, -0.15) is 0 Å². The van der Waals surface area contributed by atoms with Gasteiger partial charge in [0.05, 0.1) is 12.2 Å². The summed E-state index contributed by atoms with van der Waals surface area (Å²) < 4.78 is 5.60. The quantitative estimate of drug-likeness (QED) is 0.522. The number of unbranched alkanes of at least 4 members (excludes halogenated alkanes) is 2. The van der Waals surface area contributed by atoms with E-state index in [0.29, 0.717) is 29.6 Å². The number of aliphatic hydroxyl groups is 1. The summed E-state index contributed by atoms with van der Waals surface area (Å²) in [6.07, 6.45) is 9.81. The predicted octanol–water partition coefficient (Wildman–Crippen LogP) is 4.64. The Hall–Kier alpha value is -0.630. The Balaban J connectivity index is 1.61. The summed E-state index contributed by atoms with van der Waals surface area (Å²) in [5.41, 5.74) is 2.39. The summed E-state index contributed by atoms with van der Waals surface area (Å²) in [5, 5.41) is 20.8. The normalized spacial score (nSPS) is 29.2. The molecule has 4 heteroatoms. The molecule has 0 spiro atoms. The molecule has 0 saturated heterocycles. The molecule has 2 aliphatic carbocycles. The largest absolute Gasteiger partial charge is 0.508 e. The van der Waals surface area contributed by atoms with Crippen LogP contribution in [0.15, 0.2) is 18.2 Å². The number of phenolic OH excluding ortho intramolecular Hbond substituents is 1. The summed E-state index contributed by atoms with van der Waals surface area (Å²) in [5.74, 6) is 1.86. The molecule has 0 bridgehead atoms. The van der Waals surface area contributed by atoms with E-state index in [0.717, 1.165) is 44.1 Å². The molecule has 3 nitrogen and oxygen atoms in total. The van der Waals surface area contributed by atoms with Crippen molar-refractivity contribution >= 4 is 9.47 Å². The van der Waals surface area contributed by atoms with Crippen LogP contribution in [0.3, 0.4) is 0 Å². The van der Waals surface area contributed by atoms with Crippen molar-refractivity contribution in [2.24, 2.45) is 17.8 Å². The van der Waals surface area contributed by atoms with Gasteiger partial charge in [0.2, 0.25) is 0 Å². The van der Waals surface area contributed by atoms with Gasteiger partial charge in [-0.15, -0.1) is 0 Å². The molecule has 1 saturated carbocycles. The zero-order valence-corrected chi connectivity index (χ0v) is 16.5. The van der Waals surface area contributed by atoms with Crippen LogP contribution in [0, 0.1) is 17.8 Å². The summed E-state index contributed by atoms with van der Waals surface area (Å²) in [6, 6.07) is 5.88. The first-order valence-electron chi connectivity index (χ1n) is 9.97. The van der Waals surface area contributed by atoms with Gasteiger partial charge in [0, 0.05) is 9.47 Å². The van der Waals surface area contributed by atoms with E-state index in [9.17, 15) is 10.2 Å². The number of fused-ring (bicyclic) bond motifs is 2. The van der Waals surface area contributed by atoms with Gasteiger partial charge in [0.1, 0.15) is 5.75 Å². The van der Waals surface area contributed by atoms with Crippen molar-refractivity contribution in [2.75, 3.05) is 0 Å². The van der Waals surface area contributed by atoms with Gasteiger partial charge in [-0.3, -0.25) is 0 Å². The monoisotopic (exact) mass is 364 g/mol. The number of aromatic hydroxyl groups is 1. The van der Waals surface area contributed by atoms with Crippen LogP contribution in [0.4, 0.5) is 0 Å². The standard InChI is InChI=1S/C21H33O3P/c1-2-3-4-7-16(24-25)9-10-17-18-11-14-6-5-8-20(22)19(14)12-15(18)13-21(17)23/h5-6,8,15-18,21-23H,2-4,7,9-13,25H2,1H3/t15-,16-,17+,18-,21+/m0/s1. The van der Waals surface area contributed by atoms with Crippen LogP contribution in [0.1, 0.15) is 63.0 Å². The number of rotatable bonds is 8. The van der Waals surface area contributed by atoms with E-state index < -0.39 is 0 Å². The molecule has 0 amide bonds. The smallest absolute Gasteiger partial charge is 0.119 e. The van der Waals surface area contributed by atoms with Gasteiger partial charge < -0.3 is 14.7 Å². The molecule has 2 N–H and O–H groups in total. The second-order valence-corrected chi connectivity index (χ2v) is 8.32. The third-order valence-electron chi connectivity index (χ3n) is 6.51. The molecule has 2 aliphatic rings.